The van der Waals surface area contributed by atoms with Crippen LogP contribution in [0.25, 0.3) is 0 Å². The van der Waals surface area contributed by atoms with Crippen LogP contribution in [0.15, 0.2) is 12.1 Å². The first-order chi connectivity index (χ1) is 8.15. The molecule has 0 aliphatic rings. The molecule has 1 aromatic rings. The summed E-state index contributed by atoms with van der Waals surface area (Å²) in [5.41, 5.74) is 1.01. The van der Waals surface area contributed by atoms with Gasteiger partial charge in [0.05, 0.1) is 23.3 Å². The molecule has 0 amide bonds. The molecule has 3 nitrogen and oxygen atoms in total. The normalized spacial score (nSPS) is 10.6. The van der Waals surface area contributed by atoms with Gasteiger partial charge >= 0.3 is 0 Å². The van der Waals surface area contributed by atoms with E-state index in [4.69, 9.17) is 33.0 Å². The average molecular weight is 278 g/mol. The third kappa shape index (κ3) is 5.13. The molecule has 0 saturated carbocycles. The number of hydrogen-bond acceptors (Lipinski definition) is 3. The molecule has 0 fully saturated rings. The summed E-state index contributed by atoms with van der Waals surface area (Å²) in [5.74, 6) is 0.543. The summed E-state index contributed by atoms with van der Waals surface area (Å²) >= 11 is 12.1. The van der Waals surface area contributed by atoms with Crippen molar-refractivity contribution in [2.24, 2.45) is 0 Å². The van der Waals surface area contributed by atoms with Crippen molar-refractivity contribution in [3.63, 3.8) is 0 Å². The summed E-state index contributed by atoms with van der Waals surface area (Å²) in [6.45, 7) is 4.02. The molecule has 1 aromatic carbocycles. The second-order valence-corrected chi connectivity index (χ2v) is 4.55. The molecule has 0 bridgehead atoms. The van der Waals surface area contributed by atoms with E-state index >= 15 is 0 Å². The number of rotatable bonds is 7. The van der Waals surface area contributed by atoms with Crippen LogP contribution in [-0.2, 0) is 0 Å². The maximum absolute atomic E-state index is 8.57. The summed E-state index contributed by atoms with van der Waals surface area (Å²) in [6.07, 6.45) is 0.834. The van der Waals surface area contributed by atoms with Gasteiger partial charge in [-0.25, -0.2) is 0 Å². The summed E-state index contributed by atoms with van der Waals surface area (Å²) in [4.78, 5) is 0. The van der Waals surface area contributed by atoms with E-state index in [2.05, 4.69) is 5.32 Å². The highest BCUT2D eigenvalue weighted by molar-refractivity contribution is 6.37. The molecule has 0 unspecified atom stereocenters. The lowest BCUT2D eigenvalue weighted by atomic mass is 10.2. The summed E-state index contributed by atoms with van der Waals surface area (Å²) in [6, 6.07) is 3.65. The first-order valence-corrected chi connectivity index (χ1v) is 6.30. The van der Waals surface area contributed by atoms with Crippen LogP contribution >= 0.6 is 23.2 Å². The van der Waals surface area contributed by atoms with E-state index in [1.165, 1.54) is 0 Å². The fourth-order valence-corrected chi connectivity index (χ4v) is 2.11. The molecule has 0 atom stereocenters. The molecule has 17 heavy (non-hydrogen) atoms. The van der Waals surface area contributed by atoms with Gasteiger partial charge in [0, 0.05) is 6.54 Å². The highest BCUT2D eigenvalue weighted by Gasteiger charge is 2.07. The van der Waals surface area contributed by atoms with Crippen LogP contribution in [-0.4, -0.2) is 31.4 Å². The van der Waals surface area contributed by atoms with Gasteiger partial charge in [-0.15, -0.1) is 0 Å². The largest absolute Gasteiger partial charge is 0.490 e. The Morgan fingerprint density at radius 3 is 2.47 bits per heavy atom. The van der Waals surface area contributed by atoms with E-state index in [0.29, 0.717) is 28.9 Å². The van der Waals surface area contributed by atoms with Gasteiger partial charge in [-0.3, -0.25) is 0 Å². The molecule has 0 aliphatic heterocycles. The summed E-state index contributed by atoms with van der Waals surface area (Å²) < 4.78 is 5.54. The first kappa shape index (κ1) is 14.6. The topological polar surface area (TPSA) is 41.5 Å². The van der Waals surface area contributed by atoms with E-state index < -0.39 is 0 Å². The maximum Gasteiger partial charge on any atom is 0.156 e. The number of hydrogen-bond donors (Lipinski definition) is 2. The second-order valence-electron chi connectivity index (χ2n) is 3.73. The van der Waals surface area contributed by atoms with Crippen LogP contribution < -0.4 is 10.1 Å². The first-order valence-electron chi connectivity index (χ1n) is 5.55. The molecule has 0 saturated heterocycles. The van der Waals surface area contributed by atoms with Crippen LogP contribution in [0.4, 0.5) is 0 Å². The van der Waals surface area contributed by atoms with E-state index in [9.17, 15) is 0 Å². The van der Waals surface area contributed by atoms with Gasteiger partial charge in [-0.2, -0.15) is 0 Å². The highest BCUT2D eigenvalue weighted by atomic mass is 35.5. The van der Waals surface area contributed by atoms with E-state index in [1.54, 1.807) is 0 Å². The van der Waals surface area contributed by atoms with Crippen molar-refractivity contribution >= 4 is 23.2 Å². The van der Waals surface area contributed by atoms with Gasteiger partial charge < -0.3 is 15.2 Å². The zero-order valence-electron chi connectivity index (χ0n) is 9.80. The zero-order valence-corrected chi connectivity index (χ0v) is 11.3. The Morgan fingerprint density at radius 2 is 1.88 bits per heavy atom. The molecule has 0 radical (unpaired) electrons. The van der Waals surface area contributed by atoms with Gasteiger partial charge in [-0.05, 0) is 37.6 Å². The minimum Gasteiger partial charge on any atom is -0.490 e. The number of benzene rings is 1. The van der Waals surface area contributed by atoms with Crippen molar-refractivity contribution in [3.8, 4) is 5.75 Å². The molecule has 0 aliphatic carbocycles. The van der Waals surface area contributed by atoms with Crippen molar-refractivity contribution in [2.75, 3.05) is 26.3 Å². The number of ether oxygens (including phenoxy) is 1. The summed E-state index contributed by atoms with van der Waals surface area (Å²) in [7, 11) is 0. The van der Waals surface area contributed by atoms with Crippen LogP contribution in [0.2, 0.25) is 10.0 Å². The number of aryl methyl sites for hydroxylation is 1. The monoisotopic (exact) mass is 277 g/mol. The lowest BCUT2D eigenvalue weighted by Gasteiger charge is -2.10. The Morgan fingerprint density at radius 1 is 1.24 bits per heavy atom. The molecule has 5 heteroatoms. The van der Waals surface area contributed by atoms with Gasteiger partial charge in [0.1, 0.15) is 0 Å². The number of aliphatic hydroxyl groups excluding tert-OH is 1. The fraction of sp³-hybridized carbons (Fsp3) is 0.500. The maximum atomic E-state index is 8.57. The lowest BCUT2D eigenvalue weighted by Crippen LogP contribution is -2.20. The van der Waals surface area contributed by atoms with Crippen molar-refractivity contribution in [1.82, 2.24) is 5.32 Å². The average Bonchev–Trinajstić information content (AvgIpc) is 2.26. The van der Waals surface area contributed by atoms with E-state index in [0.717, 1.165) is 18.5 Å². The third-order valence-corrected chi connectivity index (χ3v) is 2.74. The number of halogens is 2. The quantitative estimate of drug-likeness (QED) is 0.753. The smallest absolute Gasteiger partial charge is 0.156 e. The standard InChI is InChI=1S/C12H17Cl2NO2/c1-9-7-10(13)12(11(14)8-9)17-6-2-3-15-4-5-16/h7-8,15-16H,2-6H2,1H3. The summed E-state index contributed by atoms with van der Waals surface area (Å²) in [5, 5.41) is 12.7. The van der Waals surface area contributed by atoms with Crippen molar-refractivity contribution in [2.45, 2.75) is 13.3 Å². The van der Waals surface area contributed by atoms with Crippen molar-refractivity contribution < 1.29 is 9.84 Å². The molecule has 0 aromatic heterocycles. The molecule has 0 spiro atoms. The van der Waals surface area contributed by atoms with Crippen molar-refractivity contribution in [3.05, 3.63) is 27.7 Å². The third-order valence-electron chi connectivity index (χ3n) is 2.18. The Bertz CT molecular complexity index is 335. The Labute approximate surface area is 112 Å². The van der Waals surface area contributed by atoms with Gasteiger partial charge in [0.2, 0.25) is 0 Å². The zero-order chi connectivity index (χ0) is 12.7. The Balaban J connectivity index is 2.36. The number of aliphatic hydroxyl groups is 1. The predicted molar refractivity (Wildman–Crippen MR) is 71.3 cm³/mol. The second kappa shape index (κ2) is 7.77. The predicted octanol–water partition coefficient (Wildman–Crippen LogP) is 2.65. The molecule has 0 heterocycles. The van der Waals surface area contributed by atoms with Crippen LogP contribution in [0.1, 0.15) is 12.0 Å². The SMILES string of the molecule is Cc1cc(Cl)c(OCCCNCCO)c(Cl)c1. The minimum atomic E-state index is 0.149. The Hall–Kier alpha value is -0.480. The fourth-order valence-electron chi connectivity index (χ4n) is 1.40. The van der Waals surface area contributed by atoms with Crippen LogP contribution in [0.5, 0.6) is 5.75 Å². The highest BCUT2D eigenvalue weighted by Crippen LogP contribution is 2.33. The van der Waals surface area contributed by atoms with E-state index in [1.807, 2.05) is 19.1 Å². The number of nitrogens with one attached hydrogen (secondary N) is 1. The molecular formula is C12H17Cl2NO2. The molecule has 2 N–H and O–H groups in total. The van der Waals surface area contributed by atoms with Gasteiger partial charge in [0.25, 0.3) is 0 Å². The van der Waals surface area contributed by atoms with Crippen LogP contribution in [0, 0.1) is 6.92 Å². The molecular weight excluding hydrogens is 261 g/mol. The van der Waals surface area contributed by atoms with E-state index in [-0.39, 0.29) is 6.61 Å². The van der Waals surface area contributed by atoms with Crippen molar-refractivity contribution in [1.29, 1.82) is 0 Å². The lowest BCUT2D eigenvalue weighted by molar-refractivity contribution is 0.282. The molecule has 1 rings (SSSR count). The molecule has 96 valence electrons. The van der Waals surface area contributed by atoms with Crippen LogP contribution in [0.3, 0.4) is 0 Å². The minimum absolute atomic E-state index is 0.149. The Kier molecular flexibility index (Phi) is 6.66. The van der Waals surface area contributed by atoms with Gasteiger partial charge in [0.15, 0.2) is 5.75 Å². The van der Waals surface area contributed by atoms with Gasteiger partial charge in [-0.1, -0.05) is 23.2 Å².